The van der Waals surface area contributed by atoms with Crippen molar-refractivity contribution in [3.05, 3.63) is 57.5 Å². The van der Waals surface area contributed by atoms with E-state index in [4.69, 9.17) is 16.3 Å². The zero-order chi connectivity index (χ0) is 15.2. The van der Waals surface area contributed by atoms with Gasteiger partial charge in [0.15, 0.2) is 0 Å². The Morgan fingerprint density at radius 2 is 2.05 bits per heavy atom. The SMILES string of the molecule is CCCOc1ccc(Cl)cc1NC(C)c1cccc(Br)c1. The van der Waals surface area contributed by atoms with E-state index in [0.717, 1.165) is 22.3 Å². The molecular formula is C17H19BrClNO. The van der Waals surface area contributed by atoms with Crippen molar-refractivity contribution in [1.29, 1.82) is 0 Å². The number of anilines is 1. The van der Waals surface area contributed by atoms with Crippen molar-refractivity contribution >= 4 is 33.2 Å². The zero-order valence-corrected chi connectivity index (χ0v) is 14.5. The van der Waals surface area contributed by atoms with Gasteiger partial charge in [-0.1, -0.05) is 46.6 Å². The van der Waals surface area contributed by atoms with Crippen LogP contribution in [-0.4, -0.2) is 6.61 Å². The minimum absolute atomic E-state index is 0.157. The van der Waals surface area contributed by atoms with Gasteiger partial charge in [-0.15, -0.1) is 0 Å². The molecule has 0 amide bonds. The second-order valence-corrected chi connectivity index (χ2v) is 6.26. The Hall–Kier alpha value is -1.19. The lowest BCUT2D eigenvalue weighted by Gasteiger charge is -2.19. The average molecular weight is 369 g/mol. The van der Waals surface area contributed by atoms with Gasteiger partial charge in [0.2, 0.25) is 0 Å². The first kappa shape index (κ1) is 16.2. The summed E-state index contributed by atoms with van der Waals surface area (Å²) >= 11 is 9.61. The molecule has 0 bridgehead atoms. The third kappa shape index (κ3) is 4.65. The largest absolute Gasteiger partial charge is 0.491 e. The van der Waals surface area contributed by atoms with E-state index in [1.54, 1.807) is 0 Å². The summed E-state index contributed by atoms with van der Waals surface area (Å²) in [5.74, 6) is 0.836. The van der Waals surface area contributed by atoms with Crippen LogP contribution in [-0.2, 0) is 0 Å². The summed E-state index contributed by atoms with van der Waals surface area (Å²) in [6, 6.07) is 14.1. The van der Waals surface area contributed by atoms with Crippen LogP contribution in [0.1, 0.15) is 31.9 Å². The van der Waals surface area contributed by atoms with E-state index in [1.165, 1.54) is 5.56 Å². The zero-order valence-electron chi connectivity index (χ0n) is 12.2. The Kier molecular flexibility index (Phi) is 5.95. The van der Waals surface area contributed by atoms with Gasteiger partial charge < -0.3 is 10.1 Å². The summed E-state index contributed by atoms with van der Waals surface area (Å²) in [5.41, 5.74) is 2.12. The van der Waals surface area contributed by atoms with E-state index in [1.807, 2.05) is 30.3 Å². The second kappa shape index (κ2) is 7.71. The fraction of sp³-hybridized carbons (Fsp3) is 0.294. The number of rotatable bonds is 6. The molecule has 0 aliphatic carbocycles. The van der Waals surface area contributed by atoms with Crippen LogP contribution in [0.15, 0.2) is 46.9 Å². The van der Waals surface area contributed by atoms with Gasteiger partial charge in [0.05, 0.1) is 12.3 Å². The van der Waals surface area contributed by atoms with Gasteiger partial charge in [-0.3, -0.25) is 0 Å². The summed E-state index contributed by atoms with van der Waals surface area (Å²) < 4.78 is 6.84. The molecule has 4 heteroatoms. The molecule has 0 saturated heterocycles. The topological polar surface area (TPSA) is 21.3 Å². The molecule has 2 aromatic rings. The highest BCUT2D eigenvalue weighted by Crippen LogP contribution is 2.31. The quantitative estimate of drug-likeness (QED) is 0.668. The molecule has 0 spiro atoms. The Morgan fingerprint density at radius 1 is 1.24 bits per heavy atom. The highest BCUT2D eigenvalue weighted by atomic mass is 79.9. The van der Waals surface area contributed by atoms with Crippen LogP contribution in [0.4, 0.5) is 5.69 Å². The van der Waals surface area contributed by atoms with Crippen LogP contribution < -0.4 is 10.1 Å². The summed E-state index contributed by atoms with van der Waals surface area (Å²) in [6.45, 7) is 4.90. The highest BCUT2D eigenvalue weighted by molar-refractivity contribution is 9.10. The van der Waals surface area contributed by atoms with Crippen molar-refractivity contribution in [3.63, 3.8) is 0 Å². The fourth-order valence-corrected chi connectivity index (χ4v) is 2.63. The number of ether oxygens (including phenoxy) is 1. The minimum Gasteiger partial charge on any atom is -0.491 e. The maximum Gasteiger partial charge on any atom is 0.142 e. The van der Waals surface area contributed by atoms with E-state index < -0.39 is 0 Å². The minimum atomic E-state index is 0.157. The van der Waals surface area contributed by atoms with Gasteiger partial charge in [-0.2, -0.15) is 0 Å². The Morgan fingerprint density at radius 3 is 2.76 bits per heavy atom. The van der Waals surface area contributed by atoms with E-state index in [0.29, 0.717) is 11.6 Å². The Balaban J connectivity index is 2.19. The molecule has 2 aromatic carbocycles. The molecule has 112 valence electrons. The van der Waals surface area contributed by atoms with E-state index in [9.17, 15) is 0 Å². The molecule has 0 aliphatic rings. The van der Waals surface area contributed by atoms with Crippen molar-refractivity contribution in [3.8, 4) is 5.75 Å². The molecule has 0 heterocycles. The highest BCUT2D eigenvalue weighted by Gasteiger charge is 2.10. The lowest BCUT2D eigenvalue weighted by atomic mass is 10.1. The molecule has 2 rings (SSSR count). The number of hydrogen-bond acceptors (Lipinski definition) is 2. The van der Waals surface area contributed by atoms with E-state index in [-0.39, 0.29) is 6.04 Å². The van der Waals surface area contributed by atoms with Gasteiger partial charge in [0.1, 0.15) is 5.75 Å². The van der Waals surface area contributed by atoms with Gasteiger partial charge in [-0.25, -0.2) is 0 Å². The first-order valence-corrected chi connectivity index (χ1v) is 8.21. The summed E-state index contributed by atoms with van der Waals surface area (Å²) in [7, 11) is 0. The molecule has 0 saturated carbocycles. The third-order valence-electron chi connectivity index (χ3n) is 3.12. The standard InChI is InChI=1S/C17H19BrClNO/c1-3-9-21-17-8-7-15(19)11-16(17)20-12(2)13-5-4-6-14(18)10-13/h4-8,10-12,20H,3,9H2,1-2H3. The van der Waals surface area contributed by atoms with Crippen molar-refractivity contribution in [1.82, 2.24) is 0 Å². The summed E-state index contributed by atoms with van der Waals surface area (Å²) in [4.78, 5) is 0. The molecule has 0 radical (unpaired) electrons. The smallest absolute Gasteiger partial charge is 0.142 e. The number of benzene rings is 2. The van der Waals surface area contributed by atoms with Gasteiger partial charge in [-0.05, 0) is 49.2 Å². The molecule has 1 N–H and O–H groups in total. The number of nitrogens with one attached hydrogen (secondary N) is 1. The van der Waals surface area contributed by atoms with Gasteiger partial charge in [0.25, 0.3) is 0 Å². The maximum absolute atomic E-state index is 6.10. The average Bonchev–Trinajstić information content (AvgIpc) is 2.46. The monoisotopic (exact) mass is 367 g/mol. The van der Waals surface area contributed by atoms with Crippen LogP contribution in [0.25, 0.3) is 0 Å². The van der Waals surface area contributed by atoms with E-state index >= 15 is 0 Å². The second-order valence-electron chi connectivity index (χ2n) is 4.91. The van der Waals surface area contributed by atoms with Gasteiger partial charge in [0, 0.05) is 15.5 Å². The Labute approximate surface area is 139 Å². The van der Waals surface area contributed by atoms with Crippen LogP contribution >= 0.6 is 27.5 Å². The van der Waals surface area contributed by atoms with E-state index in [2.05, 4.69) is 47.2 Å². The lowest BCUT2D eigenvalue weighted by molar-refractivity contribution is 0.318. The molecule has 1 unspecified atom stereocenters. The molecule has 2 nitrogen and oxygen atoms in total. The van der Waals surface area contributed by atoms with Crippen molar-refractivity contribution in [2.24, 2.45) is 0 Å². The molecular weight excluding hydrogens is 350 g/mol. The molecule has 1 atom stereocenters. The molecule has 21 heavy (non-hydrogen) atoms. The predicted molar refractivity (Wildman–Crippen MR) is 93.4 cm³/mol. The first-order valence-electron chi connectivity index (χ1n) is 7.04. The third-order valence-corrected chi connectivity index (χ3v) is 3.85. The Bertz CT molecular complexity index is 603. The molecule has 0 aromatic heterocycles. The van der Waals surface area contributed by atoms with Crippen LogP contribution in [0.3, 0.4) is 0 Å². The van der Waals surface area contributed by atoms with Crippen molar-refractivity contribution in [2.45, 2.75) is 26.3 Å². The number of halogens is 2. The lowest BCUT2D eigenvalue weighted by Crippen LogP contribution is -2.08. The van der Waals surface area contributed by atoms with Crippen molar-refractivity contribution < 1.29 is 4.74 Å². The normalized spacial score (nSPS) is 12.0. The van der Waals surface area contributed by atoms with Gasteiger partial charge >= 0.3 is 0 Å². The first-order chi connectivity index (χ1) is 10.1. The fourth-order valence-electron chi connectivity index (χ4n) is 2.05. The summed E-state index contributed by atoms with van der Waals surface area (Å²) in [5, 5.41) is 4.17. The van der Waals surface area contributed by atoms with Crippen molar-refractivity contribution in [2.75, 3.05) is 11.9 Å². The molecule has 0 fully saturated rings. The van der Waals surface area contributed by atoms with Crippen LogP contribution in [0, 0.1) is 0 Å². The van der Waals surface area contributed by atoms with Crippen LogP contribution in [0.5, 0.6) is 5.75 Å². The van der Waals surface area contributed by atoms with Crippen LogP contribution in [0.2, 0.25) is 5.02 Å². The number of hydrogen-bond donors (Lipinski definition) is 1. The maximum atomic E-state index is 6.10. The predicted octanol–water partition coefficient (Wildman–Crippen LogP) is 6.06. The summed E-state index contributed by atoms with van der Waals surface area (Å²) in [6.07, 6.45) is 0.975. The molecule has 0 aliphatic heterocycles.